The van der Waals surface area contributed by atoms with Crippen molar-refractivity contribution in [3.63, 3.8) is 0 Å². The number of carbonyl (C=O) groups excluding carboxylic acids is 2. The first-order valence-electron chi connectivity index (χ1n) is 5.68. The van der Waals surface area contributed by atoms with E-state index in [1.165, 1.54) is 18.2 Å². The van der Waals surface area contributed by atoms with Gasteiger partial charge in [0.2, 0.25) is 0 Å². The van der Waals surface area contributed by atoms with E-state index >= 15 is 0 Å². The number of Topliss-reactive ketones (excluding diaryl/α,β-unsaturated/α-hetero) is 1. The van der Waals surface area contributed by atoms with Gasteiger partial charge in [-0.25, -0.2) is 9.18 Å². The molecule has 0 radical (unpaired) electrons. The number of hydrogen-bond acceptors (Lipinski definition) is 3. The van der Waals surface area contributed by atoms with E-state index in [9.17, 15) is 14.0 Å². The summed E-state index contributed by atoms with van der Waals surface area (Å²) in [6, 6.07) is 13.6. The van der Waals surface area contributed by atoms with Crippen LogP contribution in [0, 0.1) is 5.82 Å². The summed E-state index contributed by atoms with van der Waals surface area (Å²) in [6.45, 7) is -0.362. The molecular weight excluding hydrogens is 247 g/mol. The quantitative estimate of drug-likeness (QED) is 0.625. The number of rotatable bonds is 4. The largest absolute Gasteiger partial charge is 0.454 e. The Kier molecular flexibility index (Phi) is 4.03. The fourth-order valence-electron chi connectivity index (χ4n) is 1.54. The van der Waals surface area contributed by atoms with Crippen molar-refractivity contribution in [1.29, 1.82) is 0 Å². The summed E-state index contributed by atoms with van der Waals surface area (Å²) in [6.07, 6.45) is 0. The highest BCUT2D eigenvalue weighted by Gasteiger charge is 2.11. The summed E-state index contributed by atoms with van der Waals surface area (Å²) in [5, 5.41) is 0. The molecule has 4 heteroatoms. The van der Waals surface area contributed by atoms with Gasteiger partial charge < -0.3 is 4.74 Å². The maximum absolute atomic E-state index is 12.9. The lowest BCUT2D eigenvalue weighted by Gasteiger charge is -2.04. The first-order chi connectivity index (χ1) is 9.16. The Morgan fingerprint density at radius 1 is 0.947 bits per heavy atom. The van der Waals surface area contributed by atoms with Crippen LogP contribution < -0.4 is 0 Å². The van der Waals surface area contributed by atoms with Crippen molar-refractivity contribution in [1.82, 2.24) is 0 Å². The molecular formula is C15H11FO3. The van der Waals surface area contributed by atoms with E-state index in [1.807, 2.05) is 0 Å². The second kappa shape index (κ2) is 5.91. The molecule has 2 rings (SSSR count). The van der Waals surface area contributed by atoms with E-state index < -0.39 is 11.8 Å². The maximum Gasteiger partial charge on any atom is 0.338 e. The molecule has 0 saturated carbocycles. The molecule has 0 aromatic heterocycles. The smallest absolute Gasteiger partial charge is 0.338 e. The van der Waals surface area contributed by atoms with Crippen LogP contribution in [0.1, 0.15) is 20.7 Å². The third kappa shape index (κ3) is 3.48. The minimum atomic E-state index is -0.719. The molecule has 19 heavy (non-hydrogen) atoms. The predicted octanol–water partition coefficient (Wildman–Crippen LogP) is 2.87. The van der Waals surface area contributed by atoms with Crippen molar-refractivity contribution in [2.45, 2.75) is 0 Å². The zero-order valence-corrected chi connectivity index (χ0v) is 10.0. The average molecular weight is 258 g/mol. The van der Waals surface area contributed by atoms with Crippen LogP contribution in [0.5, 0.6) is 0 Å². The number of esters is 1. The Morgan fingerprint density at radius 3 is 2.32 bits per heavy atom. The zero-order valence-electron chi connectivity index (χ0n) is 10.0. The lowest BCUT2D eigenvalue weighted by Crippen LogP contribution is -2.14. The topological polar surface area (TPSA) is 43.4 Å². The summed E-state index contributed by atoms with van der Waals surface area (Å²) >= 11 is 0. The molecule has 0 aliphatic carbocycles. The molecule has 0 spiro atoms. The second-order valence-corrected chi connectivity index (χ2v) is 3.88. The number of hydrogen-bond donors (Lipinski definition) is 0. The van der Waals surface area contributed by atoms with Crippen LogP contribution in [-0.4, -0.2) is 18.4 Å². The summed E-state index contributed by atoms with van der Waals surface area (Å²) in [5.41, 5.74) is 0.551. The second-order valence-electron chi connectivity index (χ2n) is 3.88. The van der Waals surface area contributed by atoms with Crippen LogP contribution in [0.2, 0.25) is 0 Å². The molecule has 0 bridgehead atoms. The third-order valence-corrected chi connectivity index (χ3v) is 2.49. The average Bonchev–Trinajstić information content (AvgIpc) is 2.45. The molecule has 0 aliphatic rings. The highest BCUT2D eigenvalue weighted by Crippen LogP contribution is 2.06. The Bertz CT molecular complexity index is 593. The Morgan fingerprint density at radius 2 is 1.63 bits per heavy atom. The van der Waals surface area contributed by atoms with Crippen LogP contribution in [0.15, 0.2) is 54.6 Å². The number of ether oxygens (including phenoxy) is 1. The number of carbonyl (C=O) groups is 2. The van der Waals surface area contributed by atoms with Crippen molar-refractivity contribution in [2.24, 2.45) is 0 Å². The zero-order chi connectivity index (χ0) is 13.7. The number of ketones is 1. The molecule has 2 aromatic carbocycles. The molecule has 0 atom stereocenters. The summed E-state index contributed by atoms with van der Waals surface area (Å²) in [7, 11) is 0. The first-order valence-corrected chi connectivity index (χ1v) is 5.68. The fraction of sp³-hybridized carbons (Fsp3) is 0.0667. The Labute approximate surface area is 109 Å². The van der Waals surface area contributed by atoms with Gasteiger partial charge in [-0.3, -0.25) is 4.79 Å². The van der Waals surface area contributed by atoms with Gasteiger partial charge in [0.05, 0.1) is 5.56 Å². The standard InChI is InChI=1S/C15H11FO3/c16-13-8-4-7-12(9-13)15(18)19-10-14(17)11-5-2-1-3-6-11/h1-9H,10H2. The van der Waals surface area contributed by atoms with Gasteiger partial charge in [0, 0.05) is 5.56 Å². The molecule has 0 amide bonds. The summed E-state index contributed by atoms with van der Waals surface area (Å²) in [4.78, 5) is 23.3. The first kappa shape index (κ1) is 13.0. The van der Waals surface area contributed by atoms with E-state index in [1.54, 1.807) is 30.3 Å². The fourth-order valence-corrected chi connectivity index (χ4v) is 1.54. The van der Waals surface area contributed by atoms with Gasteiger partial charge in [0.15, 0.2) is 12.4 Å². The van der Waals surface area contributed by atoms with Gasteiger partial charge in [-0.05, 0) is 18.2 Å². The molecule has 3 nitrogen and oxygen atoms in total. The number of benzene rings is 2. The van der Waals surface area contributed by atoms with E-state index in [2.05, 4.69) is 0 Å². The SMILES string of the molecule is O=C(COC(=O)c1cccc(F)c1)c1ccccc1. The predicted molar refractivity (Wildman–Crippen MR) is 67.5 cm³/mol. The lowest BCUT2D eigenvalue weighted by molar-refractivity contribution is 0.0474. The Balaban J connectivity index is 1.96. The summed E-state index contributed by atoms with van der Waals surface area (Å²) < 4.78 is 17.8. The van der Waals surface area contributed by atoms with Crippen LogP contribution in [0.25, 0.3) is 0 Å². The molecule has 2 aromatic rings. The van der Waals surface area contributed by atoms with Crippen LogP contribution >= 0.6 is 0 Å². The highest BCUT2D eigenvalue weighted by molar-refractivity contribution is 5.99. The van der Waals surface area contributed by atoms with Gasteiger partial charge >= 0.3 is 5.97 Å². The van der Waals surface area contributed by atoms with Crippen molar-refractivity contribution in [3.8, 4) is 0 Å². The normalized spacial score (nSPS) is 9.95. The van der Waals surface area contributed by atoms with Crippen LogP contribution in [0.4, 0.5) is 4.39 Å². The minimum absolute atomic E-state index is 0.0841. The van der Waals surface area contributed by atoms with E-state index in [0.29, 0.717) is 5.56 Å². The highest BCUT2D eigenvalue weighted by atomic mass is 19.1. The summed E-state index contributed by atoms with van der Waals surface area (Å²) in [5.74, 6) is -1.54. The van der Waals surface area contributed by atoms with E-state index in [-0.39, 0.29) is 18.0 Å². The maximum atomic E-state index is 12.9. The lowest BCUT2D eigenvalue weighted by atomic mass is 10.1. The van der Waals surface area contributed by atoms with Gasteiger partial charge in [0.25, 0.3) is 0 Å². The minimum Gasteiger partial charge on any atom is -0.454 e. The van der Waals surface area contributed by atoms with Gasteiger partial charge in [0.1, 0.15) is 5.82 Å². The van der Waals surface area contributed by atoms with Gasteiger partial charge in [-0.1, -0.05) is 36.4 Å². The monoisotopic (exact) mass is 258 g/mol. The van der Waals surface area contributed by atoms with Gasteiger partial charge in [-0.15, -0.1) is 0 Å². The van der Waals surface area contributed by atoms with Crippen molar-refractivity contribution < 1.29 is 18.7 Å². The van der Waals surface area contributed by atoms with Crippen LogP contribution in [-0.2, 0) is 4.74 Å². The van der Waals surface area contributed by atoms with Gasteiger partial charge in [-0.2, -0.15) is 0 Å². The third-order valence-electron chi connectivity index (χ3n) is 2.49. The Hall–Kier alpha value is -2.49. The van der Waals surface area contributed by atoms with Crippen molar-refractivity contribution in [2.75, 3.05) is 6.61 Å². The van der Waals surface area contributed by atoms with E-state index in [0.717, 1.165) is 6.07 Å². The molecule has 0 aliphatic heterocycles. The molecule has 0 N–H and O–H groups in total. The molecule has 0 fully saturated rings. The molecule has 0 heterocycles. The van der Waals surface area contributed by atoms with Crippen molar-refractivity contribution in [3.05, 3.63) is 71.5 Å². The number of halogens is 1. The van der Waals surface area contributed by atoms with E-state index in [4.69, 9.17) is 4.74 Å². The van der Waals surface area contributed by atoms with Crippen molar-refractivity contribution >= 4 is 11.8 Å². The molecule has 96 valence electrons. The molecule has 0 saturated heterocycles. The van der Waals surface area contributed by atoms with Crippen LogP contribution in [0.3, 0.4) is 0 Å². The molecule has 0 unspecified atom stereocenters.